The smallest absolute Gasteiger partial charge is 0.225 e. The average Bonchev–Trinajstić information content (AvgIpc) is 3.45. The Hall–Kier alpha value is -3.01. The highest BCUT2D eigenvalue weighted by atomic mass is 35.5. The van der Waals surface area contributed by atoms with Crippen molar-refractivity contribution < 1.29 is 13.6 Å². The molecule has 4 N–H and O–H groups in total. The number of hydrogen-bond acceptors (Lipinski definition) is 6. The first-order valence-corrected chi connectivity index (χ1v) is 12.4. The third-order valence-corrected chi connectivity index (χ3v) is 7.51. The Balaban J connectivity index is 1.59. The van der Waals surface area contributed by atoms with Crippen LogP contribution in [0.5, 0.6) is 0 Å². The number of imidazole rings is 1. The van der Waals surface area contributed by atoms with E-state index in [2.05, 4.69) is 20.6 Å². The molecule has 0 spiro atoms. The standard InChI is InChI=1S/C24H28ClF2N7O/c25-16-10-14(26)11-17(27)19(16)32-23-31-18-12-29-22(30-15-6-2-3-7-15)33-20(18)34(23)13-24(21(28)35)8-4-1-5-9-24/h10-12,15H,1-9,13H2,(H2,28,35)(H,31,32)(H,29,30,33). The zero-order chi connectivity index (χ0) is 24.6. The lowest BCUT2D eigenvalue weighted by Crippen LogP contribution is -2.42. The van der Waals surface area contributed by atoms with E-state index < -0.39 is 17.0 Å². The Morgan fingerprint density at radius 3 is 2.57 bits per heavy atom. The van der Waals surface area contributed by atoms with Crippen molar-refractivity contribution in [1.29, 1.82) is 0 Å². The van der Waals surface area contributed by atoms with Crippen LogP contribution in [0.25, 0.3) is 11.2 Å². The number of hydrogen-bond donors (Lipinski definition) is 3. The summed E-state index contributed by atoms with van der Waals surface area (Å²) < 4.78 is 29.9. The Labute approximate surface area is 206 Å². The number of anilines is 3. The molecule has 35 heavy (non-hydrogen) atoms. The fourth-order valence-corrected chi connectivity index (χ4v) is 5.52. The van der Waals surface area contributed by atoms with Crippen molar-refractivity contribution in [3.63, 3.8) is 0 Å². The normalized spacial score (nSPS) is 18.1. The molecule has 0 unspecified atom stereocenters. The Morgan fingerprint density at radius 1 is 1.14 bits per heavy atom. The molecule has 2 heterocycles. The molecule has 1 amide bonds. The van der Waals surface area contributed by atoms with Gasteiger partial charge >= 0.3 is 0 Å². The number of aromatic nitrogens is 4. The maximum Gasteiger partial charge on any atom is 0.225 e. The topological polar surface area (TPSA) is 111 Å². The number of halogens is 3. The van der Waals surface area contributed by atoms with Gasteiger partial charge in [0.1, 0.15) is 11.3 Å². The number of nitrogens with zero attached hydrogens (tertiary/aromatic N) is 4. The zero-order valence-electron chi connectivity index (χ0n) is 19.3. The van der Waals surface area contributed by atoms with E-state index in [9.17, 15) is 13.6 Å². The Bertz CT molecular complexity index is 1230. The van der Waals surface area contributed by atoms with Crippen molar-refractivity contribution in [2.24, 2.45) is 11.1 Å². The summed E-state index contributed by atoms with van der Waals surface area (Å²) >= 11 is 6.13. The highest BCUT2D eigenvalue weighted by molar-refractivity contribution is 6.33. The molecule has 1 aromatic carbocycles. The van der Waals surface area contributed by atoms with Crippen LogP contribution in [-0.4, -0.2) is 31.5 Å². The Morgan fingerprint density at radius 2 is 1.89 bits per heavy atom. The van der Waals surface area contributed by atoms with Crippen LogP contribution in [0.2, 0.25) is 5.02 Å². The summed E-state index contributed by atoms with van der Waals surface area (Å²) in [5.74, 6) is -1.32. The lowest BCUT2D eigenvalue weighted by atomic mass is 9.73. The van der Waals surface area contributed by atoms with Gasteiger partial charge in [-0.2, -0.15) is 4.98 Å². The van der Waals surface area contributed by atoms with E-state index in [1.807, 2.05) is 0 Å². The summed E-state index contributed by atoms with van der Waals surface area (Å²) in [7, 11) is 0. The van der Waals surface area contributed by atoms with Gasteiger partial charge in [0.15, 0.2) is 11.5 Å². The predicted octanol–water partition coefficient (Wildman–Crippen LogP) is 5.29. The molecule has 5 rings (SSSR count). The average molecular weight is 504 g/mol. The number of nitrogens with two attached hydrogens (primary N) is 1. The summed E-state index contributed by atoms with van der Waals surface area (Å²) in [6, 6.07) is 2.08. The van der Waals surface area contributed by atoms with E-state index in [-0.39, 0.29) is 29.1 Å². The number of nitrogens with one attached hydrogen (secondary N) is 2. The molecule has 0 radical (unpaired) electrons. The second-order valence-corrected chi connectivity index (χ2v) is 10.0. The number of carbonyl (C=O) groups is 1. The number of carbonyl (C=O) groups excluding carboxylic acids is 1. The molecule has 186 valence electrons. The van der Waals surface area contributed by atoms with Crippen LogP contribution < -0.4 is 16.4 Å². The van der Waals surface area contributed by atoms with Crippen LogP contribution in [0.4, 0.5) is 26.4 Å². The Kier molecular flexibility index (Phi) is 6.48. The molecular weight excluding hydrogens is 476 g/mol. The summed E-state index contributed by atoms with van der Waals surface area (Å²) in [6.07, 6.45) is 10.1. The predicted molar refractivity (Wildman–Crippen MR) is 131 cm³/mol. The molecule has 8 nitrogen and oxygen atoms in total. The maximum atomic E-state index is 14.6. The van der Waals surface area contributed by atoms with Gasteiger partial charge in [-0.15, -0.1) is 0 Å². The lowest BCUT2D eigenvalue weighted by molar-refractivity contribution is -0.130. The van der Waals surface area contributed by atoms with Crippen LogP contribution in [0.15, 0.2) is 18.3 Å². The SMILES string of the molecule is NC(=O)C1(Cn2c(Nc3c(F)cc(F)cc3Cl)nc3cnc(NC4CCCC4)nc32)CCCCC1. The van der Waals surface area contributed by atoms with E-state index in [1.165, 1.54) is 0 Å². The van der Waals surface area contributed by atoms with Gasteiger partial charge in [-0.25, -0.2) is 18.7 Å². The molecule has 2 saturated carbocycles. The lowest BCUT2D eigenvalue weighted by Gasteiger charge is -2.35. The molecule has 0 saturated heterocycles. The van der Waals surface area contributed by atoms with Crippen molar-refractivity contribution in [1.82, 2.24) is 19.5 Å². The second kappa shape index (κ2) is 9.56. The van der Waals surface area contributed by atoms with E-state index in [1.54, 1.807) is 10.8 Å². The molecule has 2 aliphatic rings. The van der Waals surface area contributed by atoms with Gasteiger partial charge in [-0.05, 0) is 31.7 Å². The van der Waals surface area contributed by atoms with Crippen molar-refractivity contribution in [3.05, 3.63) is 35.0 Å². The molecular formula is C24H28ClF2N7O. The first-order chi connectivity index (χ1) is 16.8. The molecule has 2 fully saturated rings. The number of benzene rings is 1. The number of rotatable bonds is 7. The molecule has 0 atom stereocenters. The van der Waals surface area contributed by atoms with Gasteiger partial charge in [0.25, 0.3) is 0 Å². The zero-order valence-corrected chi connectivity index (χ0v) is 20.0. The minimum atomic E-state index is -0.856. The fourth-order valence-electron chi connectivity index (χ4n) is 5.27. The van der Waals surface area contributed by atoms with Crippen LogP contribution in [0, 0.1) is 17.0 Å². The molecule has 0 bridgehead atoms. The number of primary amides is 1. The van der Waals surface area contributed by atoms with Crippen molar-refractivity contribution >= 4 is 46.3 Å². The number of fused-ring (bicyclic) bond motifs is 1. The van der Waals surface area contributed by atoms with Gasteiger partial charge < -0.3 is 16.4 Å². The minimum Gasteiger partial charge on any atom is -0.369 e. The van der Waals surface area contributed by atoms with E-state index in [4.69, 9.17) is 22.3 Å². The minimum absolute atomic E-state index is 0.112. The molecule has 2 aliphatic carbocycles. The molecule has 0 aliphatic heterocycles. The summed E-state index contributed by atoms with van der Waals surface area (Å²) in [4.78, 5) is 26.3. The third-order valence-electron chi connectivity index (χ3n) is 7.21. The van der Waals surface area contributed by atoms with E-state index >= 15 is 0 Å². The summed E-state index contributed by atoms with van der Waals surface area (Å²) in [5, 5.41) is 6.16. The third kappa shape index (κ3) is 4.76. The first-order valence-electron chi connectivity index (χ1n) is 12.1. The largest absolute Gasteiger partial charge is 0.369 e. The van der Waals surface area contributed by atoms with Gasteiger partial charge in [0, 0.05) is 18.7 Å². The van der Waals surface area contributed by atoms with E-state index in [0.717, 1.165) is 57.1 Å². The van der Waals surface area contributed by atoms with Crippen LogP contribution in [-0.2, 0) is 11.3 Å². The quantitative estimate of drug-likeness (QED) is 0.404. The first kappa shape index (κ1) is 23.7. The van der Waals surface area contributed by atoms with Gasteiger partial charge in [-0.3, -0.25) is 9.36 Å². The monoisotopic (exact) mass is 503 g/mol. The van der Waals surface area contributed by atoms with Crippen molar-refractivity contribution in [2.45, 2.75) is 70.4 Å². The van der Waals surface area contributed by atoms with Gasteiger partial charge in [-0.1, -0.05) is 43.7 Å². The number of amides is 1. The van der Waals surface area contributed by atoms with Crippen LogP contribution in [0.1, 0.15) is 57.8 Å². The molecule has 2 aromatic heterocycles. The van der Waals surface area contributed by atoms with Crippen LogP contribution >= 0.6 is 11.6 Å². The fraction of sp³-hybridized carbons (Fsp3) is 0.500. The van der Waals surface area contributed by atoms with Gasteiger partial charge in [0.2, 0.25) is 17.8 Å². The van der Waals surface area contributed by atoms with Crippen LogP contribution in [0.3, 0.4) is 0 Å². The van der Waals surface area contributed by atoms with Crippen molar-refractivity contribution in [2.75, 3.05) is 10.6 Å². The summed E-state index contributed by atoms with van der Waals surface area (Å²) in [5.41, 5.74) is 5.98. The highest BCUT2D eigenvalue weighted by Gasteiger charge is 2.39. The van der Waals surface area contributed by atoms with Crippen molar-refractivity contribution in [3.8, 4) is 0 Å². The van der Waals surface area contributed by atoms with Gasteiger partial charge in [0.05, 0.1) is 22.3 Å². The molecule has 3 aromatic rings. The summed E-state index contributed by atoms with van der Waals surface area (Å²) in [6.45, 7) is 0.224. The highest BCUT2D eigenvalue weighted by Crippen LogP contribution is 2.40. The molecule has 11 heteroatoms. The second-order valence-electron chi connectivity index (χ2n) is 9.62. The van der Waals surface area contributed by atoms with E-state index in [0.29, 0.717) is 36.0 Å². The maximum absolute atomic E-state index is 14.6.